The van der Waals surface area contributed by atoms with Crippen LogP contribution in [-0.2, 0) is 10.3 Å². The molecule has 94 valence electrons. The van der Waals surface area contributed by atoms with Crippen LogP contribution in [0.1, 0.15) is 32.3 Å². The lowest BCUT2D eigenvalue weighted by atomic mass is 9.91. The van der Waals surface area contributed by atoms with Crippen molar-refractivity contribution in [1.29, 1.82) is 0 Å². The minimum atomic E-state index is -0.819. The van der Waals surface area contributed by atoms with Crippen LogP contribution in [0.15, 0.2) is 36.6 Å². The van der Waals surface area contributed by atoms with Crippen molar-refractivity contribution >= 4 is 0 Å². The predicted molar refractivity (Wildman–Crippen MR) is 66.0 cm³/mol. The highest BCUT2D eigenvalue weighted by atomic mass is 19.1. The zero-order valence-corrected chi connectivity index (χ0v) is 10.4. The van der Waals surface area contributed by atoms with Crippen molar-refractivity contribution < 1.29 is 14.2 Å². The number of benzene rings is 1. The van der Waals surface area contributed by atoms with E-state index in [4.69, 9.17) is 4.74 Å². The quantitative estimate of drug-likeness (QED) is 0.770. The minimum absolute atomic E-state index is 0.159. The van der Waals surface area contributed by atoms with Crippen LogP contribution in [0.2, 0.25) is 0 Å². The molecule has 2 nitrogen and oxygen atoms in total. The van der Waals surface area contributed by atoms with Crippen LogP contribution in [0, 0.1) is 5.82 Å². The molecule has 0 bridgehead atoms. The van der Waals surface area contributed by atoms with E-state index in [1.807, 2.05) is 13.8 Å². The van der Waals surface area contributed by atoms with Gasteiger partial charge in [0.05, 0.1) is 12.4 Å². The number of aliphatic hydroxyl groups is 1. The van der Waals surface area contributed by atoms with Gasteiger partial charge in [0.1, 0.15) is 5.82 Å². The first-order chi connectivity index (χ1) is 8.07. The summed E-state index contributed by atoms with van der Waals surface area (Å²) < 4.78 is 18.6. The summed E-state index contributed by atoms with van der Waals surface area (Å²) in [6.07, 6.45) is 1.27. The number of aliphatic hydroxyl groups excluding tert-OH is 1. The van der Waals surface area contributed by atoms with Gasteiger partial charge in [-0.15, -0.1) is 0 Å². The zero-order chi connectivity index (χ0) is 12.9. The molecular weight excluding hydrogens is 219 g/mol. The molecule has 1 aromatic rings. The first kappa shape index (κ1) is 13.7. The van der Waals surface area contributed by atoms with Crippen LogP contribution in [0.3, 0.4) is 0 Å². The fourth-order valence-corrected chi connectivity index (χ4v) is 1.67. The van der Waals surface area contributed by atoms with E-state index < -0.39 is 5.60 Å². The Balaban J connectivity index is 3.05. The standard InChI is InChI=1S/C14H19FO2/c1-4-11(3)17-14(5-2,10-16)12-6-8-13(15)9-7-12/h6-9,16H,3-5,10H2,1-2H3. The van der Waals surface area contributed by atoms with Gasteiger partial charge in [0.25, 0.3) is 0 Å². The van der Waals surface area contributed by atoms with Gasteiger partial charge < -0.3 is 9.84 Å². The zero-order valence-electron chi connectivity index (χ0n) is 10.4. The molecule has 0 aliphatic rings. The summed E-state index contributed by atoms with van der Waals surface area (Å²) in [5.74, 6) is 0.316. The van der Waals surface area contributed by atoms with Gasteiger partial charge >= 0.3 is 0 Å². The Hall–Kier alpha value is -1.35. The lowest BCUT2D eigenvalue weighted by Crippen LogP contribution is -2.33. The van der Waals surface area contributed by atoms with Crippen molar-refractivity contribution in [2.75, 3.05) is 6.61 Å². The summed E-state index contributed by atoms with van der Waals surface area (Å²) >= 11 is 0. The van der Waals surface area contributed by atoms with E-state index in [1.54, 1.807) is 12.1 Å². The first-order valence-corrected chi connectivity index (χ1v) is 5.81. The van der Waals surface area contributed by atoms with Gasteiger partial charge in [-0.25, -0.2) is 4.39 Å². The molecule has 0 fully saturated rings. The molecule has 0 aliphatic heterocycles. The Morgan fingerprint density at radius 3 is 2.35 bits per heavy atom. The molecule has 0 amide bonds. The Morgan fingerprint density at radius 2 is 1.94 bits per heavy atom. The second kappa shape index (κ2) is 5.82. The maximum Gasteiger partial charge on any atom is 0.156 e. The third kappa shape index (κ3) is 3.07. The monoisotopic (exact) mass is 238 g/mol. The number of allylic oxidation sites excluding steroid dienone is 1. The van der Waals surface area contributed by atoms with Gasteiger partial charge in [0.15, 0.2) is 5.60 Å². The predicted octanol–water partition coefficient (Wildman–Crippen LogP) is 3.36. The topological polar surface area (TPSA) is 29.5 Å². The summed E-state index contributed by atoms with van der Waals surface area (Å²) in [4.78, 5) is 0. The van der Waals surface area contributed by atoms with Crippen LogP contribution >= 0.6 is 0 Å². The molecule has 0 spiro atoms. The molecule has 1 atom stereocenters. The van der Waals surface area contributed by atoms with Crippen molar-refractivity contribution in [3.63, 3.8) is 0 Å². The fraction of sp³-hybridized carbons (Fsp3) is 0.429. The van der Waals surface area contributed by atoms with Crippen molar-refractivity contribution in [2.24, 2.45) is 0 Å². The number of ether oxygens (including phenoxy) is 1. The molecule has 0 radical (unpaired) electrons. The van der Waals surface area contributed by atoms with Crippen LogP contribution in [0.25, 0.3) is 0 Å². The average Bonchev–Trinajstić information content (AvgIpc) is 2.37. The summed E-state index contributed by atoms with van der Waals surface area (Å²) in [6, 6.07) is 6.01. The molecule has 17 heavy (non-hydrogen) atoms. The Morgan fingerprint density at radius 1 is 1.35 bits per heavy atom. The van der Waals surface area contributed by atoms with Gasteiger partial charge in [-0.3, -0.25) is 0 Å². The summed E-state index contributed by atoms with van der Waals surface area (Å²) in [6.45, 7) is 7.49. The lowest BCUT2D eigenvalue weighted by Gasteiger charge is -2.33. The Bertz CT molecular complexity index is 366. The van der Waals surface area contributed by atoms with Gasteiger partial charge in [0.2, 0.25) is 0 Å². The molecule has 0 aliphatic carbocycles. The number of hydrogen-bond donors (Lipinski definition) is 1. The number of halogens is 1. The molecule has 0 saturated heterocycles. The smallest absolute Gasteiger partial charge is 0.156 e. The summed E-state index contributed by atoms with van der Waals surface area (Å²) in [5, 5.41) is 9.58. The van der Waals surface area contributed by atoms with Gasteiger partial charge in [-0.2, -0.15) is 0 Å². The van der Waals surface area contributed by atoms with Crippen molar-refractivity contribution in [3.8, 4) is 0 Å². The average molecular weight is 238 g/mol. The first-order valence-electron chi connectivity index (χ1n) is 5.81. The van der Waals surface area contributed by atoms with E-state index in [0.717, 1.165) is 5.56 Å². The third-order valence-corrected chi connectivity index (χ3v) is 2.93. The highest BCUT2D eigenvalue weighted by molar-refractivity contribution is 5.24. The van der Waals surface area contributed by atoms with Gasteiger partial charge in [0, 0.05) is 6.42 Å². The van der Waals surface area contributed by atoms with E-state index >= 15 is 0 Å². The number of rotatable bonds is 6. The molecule has 1 unspecified atom stereocenters. The molecular formula is C14H19FO2. The van der Waals surface area contributed by atoms with Crippen molar-refractivity contribution in [3.05, 3.63) is 48.0 Å². The van der Waals surface area contributed by atoms with E-state index in [0.29, 0.717) is 18.6 Å². The second-order valence-corrected chi connectivity index (χ2v) is 4.01. The third-order valence-electron chi connectivity index (χ3n) is 2.93. The Labute approximate surface area is 102 Å². The highest BCUT2D eigenvalue weighted by Gasteiger charge is 2.32. The molecule has 1 rings (SSSR count). The molecule has 0 heterocycles. The van der Waals surface area contributed by atoms with E-state index in [1.165, 1.54) is 12.1 Å². The van der Waals surface area contributed by atoms with E-state index in [-0.39, 0.29) is 12.4 Å². The van der Waals surface area contributed by atoms with Crippen LogP contribution in [0.4, 0.5) is 4.39 Å². The van der Waals surface area contributed by atoms with Gasteiger partial charge in [-0.1, -0.05) is 32.6 Å². The normalized spacial score (nSPS) is 14.1. The van der Waals surface area contributed by atoms with Crippen molar-refractivity contribution in [2.45, 2.75) is 32.3 Å². The van der Waals surface area contributed by atoms with Crippen molar-refractivity contribution in [1.82, 2.24) is 0 Å². The number of hydrogen-bond acceptors (Lipinski definition) is 2. The van der Waals surface area contributed by atoms with E-state index in [2.05, 4.69) is 6.58 Å². The largest absolute Gasteiger partial charge is 0.485 e. The minimum Gasteiger partial charge on any atom is -0.485 e. The molecule has 1 N–H and O–H groups in total. The SMILES string of the molecule is C=C(CC)OC(CC)(CO)c1ccc(F)cc1. The van der Waals surface area contributed by atoms with Crippen LogP contribution < -0.4 is 0 Å². The van der Waals surface area contributed by atoms with Crippen LogP contribution in [-0.4, -0.2) is 11.7 Å². The molecule has 0 aromatic heterocycles. The molecule has 3 heteroatoms. The maximum atomic E-state index is 12.9. The van der Waals surface area contributed by atoms with Gasteiger partial charge in [-0.05, 0) is 24.1 Å². The molecule has 1 aromatic carbocycles. The lowest BCUT2D eigenvalue weighted by molar-refractivity contribution is -0.0522. The summed E-state index contributed by atoms with van der Waals surface area (Å²) in [7, 11) is 0. The van der Waals surface area contributed by atoms with E-state index in [9.17, 15) is 9.50 Å². The fourth-order valence-electron chi connectivity index (χ4n) is 1.67. The highest BCUT2D eigenvalue weighted by Crippen LogP contribution is 2.32. The molecule has 0 saturated carbocycles. The Kier molecular flexibility index (Phi) is 4.70. The van der Waals surface area contributed by atoms with Crippen LogP contribution in [0.5, 0.6) is 0 Å². The summed E-state index contributed by atoms with van der Waals surface area (Å²) in [5.41, 5.74) is -0.0562. The second-order valence-electron chi connectivity index (χ2n) is 4.01. The maximum absolute atomic E-state index is 12.9.